The highest BCUT2D eigenvalue weighted by Crippen LogP contribution is 2.47. The van der Waals surface area contributed by atoms with Crippen LogP contribution in [0.3, 0.4) is 0 Å². The van der Waals surface area contributed by atoms with E-state index in [1.54, 1.807) is 44.6 Å². The number of hydrogen-bond acceptors (Lipinski definition) is 12. The zero-order valence-electron chi connectivity index (χ0n) is 25.0. The van der Waals surface area contributed by atoms with E-state index in [2.05, 4.69) is 9.84 Å². The number of carbonyl (C=O) groups excluding carboxylic acids is 1. The Hall–Kier alpha value is -5.79. The topological polar surface area (TPSA) is 165 Å². The van der Waals surface area contributed by atoms with Crippen molar-refractivity contribution in [1.29, 1.82) is 0 Å². The van der Waals surface area contributed by atoms with Gasteiger partial charge in [0, 0.05) is 6.07 Å². The van der Waals surface area contributed by atoms with Crippen molar-refractivity contribution in [2.24, 2.45) is 5.10 Å². The molecule has 0 atom stereocenters. The fourth-order valence-corrected chi connectivity index (χ4v) is 4.68. The number of methoxy groups -OCH3 is 3. The van der Waals surface area contributed by atoms with E-state index in [0.29, 0.717) is 51.6 Å². The smallest absolute Gasteiger partial charge is 0.433 e. The normalized spacial score (nSPS) is 14.8. The number of rotatable bonds is 7. The van der Waals surface area contributed by atoms with Gasteiger partial charge in [-0.25, -0.2) is 9.59 Å². The minimum Gasteiger partial charge on any atom is -0.497 e. The summed E-state index contributed by atoms with van der Waals surface area (Å²) >= 11 is 0. The fraction of sp³-hybridized carbons (Fsp3) is 0.258. The van der Waals surface area contributed by atoms with Gasteiger partial charge in [0.15, 0.2) is 5.76 Å². The van der Waals surface area contributed by atoms with E-state index >= 15 is 0 Å². The van der Waals surface area contributed by atoms with Gasteiger partial charge in [0.1, 0.15) is 56.7 Å². The van der Waals surface area contributed by atoms with Crippen LogP contribution in [-0.4, -0.2) is 62.3 Å². The van der Waals surface area contributed by atoms with Gasteiger partial charge in [0.05, 0.1) is 45.7 Å². The highest BCUT2D eigenvalue weighted by Gasteiger charge is 2.29. The molecule has 2 aromatic heterocycles. The van der Waals surface area contributed by atoms with E-state index in [1.807, 2.05) is 26.0 Å². The number of fused-ring (bicyclic) bond motifs is 2. The molecule has 45 heavy (non-hydrogen) atoms. The highest BCUT2D eigenvalue weighted by molar-refractivity contribution is 5.99. The lowest BCUT2D eigenvalue weighted by molar-refractivity contribution is -0.402. The Morgan fingerprint density at radius 1 is 1.00 bits per heavy atom. The Kier molecular flexibility index (Phi) is 8.48. The van der Waals surface area contributed by atoms with Crippen molar-refractivity contribution in [3.63, 3.8) is 0 Å². The molecule has 2 aliphatic rings. The first-order valence-electron chi connectivity index (χ1n) is 13.6. The van der Waals surface area contributed by atoms with Crippen molar-refractivity contribution < 1.29 is 42.2 Å². The lowest BCUT2D eigenvalue weighted by Gasteiger charge is -2.29. The van der Waals surface area contributed by atoms with E-state index in [9.17, 15) is 19.7 Å². The largest absolute Gasteiger partial charge is 0.497 e. The molecule has 0 N–H and O–H groups in total. The second-order valence-electron chi connectivity index (χ2n) is 10.2. The quantitative estimate of drug-likeness (QED) is 0.109. The molecule has 6 rings (SSSR count). The van der Waals surface area contributed by atoms with Crippen LogP contribution in [0.5, 0.6) is 23.0 Å². The predicted octanol–water partition coefficient (Wildman–Crippen LogP) is 5.64. The Bertz CT molecular complexity index is 1870. The van der Waals surface area contributed by atoms with Gasteiger partial charge >= 0.3 is 17.6 Å². The summed E-state index contributed by atoms with van der Waals surface area (Å²) in [6, 6.07) is 11.4. The highest BCUT2D eigenvalue weighted by atomic mass is 16.6. The molecule has 2 aliphatic heterocycles. The van der Waals surface area contributed by atoms with Crippen LogP contribution in [0.15, 0.2) is 67.3 Å². The minimum absolute atomic E-state index is 0.200. The lowest BCUT2D eigenvalue weighted by atomic mass is 9.98. The molecule has 0 spiro atoms. The SMILES string of the molecule is COc1ccc(-c2c(OC)c3c(OC)c4c(cc3oc2=O)OC(C)(C)C=C4)cc1.O=C1OCCN1N=Cc1ccc([N+](=O)[O-])o1. The Labute approximate surface area is 256 Å². The van der Waals surface area contributed by atoms with Crippen molar-refractivity contribution in [3.8, 4) is 34.1 Å². The molecule has 0 unspecified atom stereocenters. The molecule has 14 nitrogen and oxygen atoms in total. The van der Waals surface area contributed by atoms with Crippen molar-refractivity contribution in [2.75, 3.05) is 34.5 Å². The van der Waals surface area contributed by atoms with Crippen LogP contribution >= 0.6 is 0 Å². The third-order valence-electron chi connectivity index (χ3n) is 6.77. The Morgan fingerprint density at radius 3 is 2.33 bits per heavy atom. The summed E-state index contributed by atoms with van der Waals surface area (Å²) in [7, 11) is 4.68. The van der Waals surface area contributed by atoms with Crippen LogP contribution in [0.4, 0.5) is 10.7 Å². The number of carbonyl (C=O) groups is 1. The molecule has 4 heterocycles. The fourth-order valence-electron chi connectivity index (χ4n) is 4.68. The van der Waals surface area contributed by atoms with Gasteiger partial charge in [-0.3, -0.25) is 10.1 Å². The first-order chi connectivity index (χ1) is 21.5. The molecule has 1 saturated heterocycles. The van der Waals surface area contributed by atoms with E-state index in [4.69, 9.17) is 27.8 Å². The first kappa shape index (κ1) is 30.7. The van der Waals surface area contributed by atoms with Gasteiger partial charge in [-0.1, -0.05) is 12.1 Å². The van der Waals surface area contributed by atoms with Gasteiger partial charge in [-0.05, 0) is 49.8 Å². The second kappa shape index (κ2) is 12.4. The number of nitrogens with zero attached hydrogens (tertiary/aromatic N) is 3. The summed E-state index contributed by atoms with van der Waals surface area (Å²) in [5, 5.41) is 15.8. The average Bonchev–Trinajstić information content (AvgIpc) is 3.67. The number of benzene rings is 2. The average molecular weight is 620 g/mol. The minimum atomic E-state index is -0.651. The first-order valence-corrected chi connectivity index (χ1v) is 13.6. The van der Waals surface area contributed by atoms with Crippen LogP contribution in [0.2, 0.25) is 0 Å². The standard InChI is InChI=1S/C23H22O6.C8H7N3O5/c1-23(2)11-10-15-16(29-23)12-17-19(20(15)26-4)21(27-5)18(22(24)28-17)13-6-8-14(25-3)9-7-13;12-8-10(3-4-15-8)9-5-6-1-2-7(16-6)11(13)14/h6-12H,1-5H3;1-2,5H,3-4H2. The van der Waals surface area contributed by atoms with Gasteiger partial charge < -0.3 is 32.5 Å². The van der Waals surface area contributed by atoms with E-state index < -0.39 is 22.2 Å². The molecule has 0 aliphatic carbocycles. The van der Waals surface area contributed by atoms with Crippen LogP contribution < -0.4 is 24.6 Å². The monoisotopic (exact) mass is 619 g/mol. The summed E-state index contributed by atoms with van der Waals surface area (Å²) in [5.41, 5.74) is 1.11. The lowest BCUT2D eigenvalue weighted by Crippen LogP contribution is -2.27. The number of hydrogen-bond donors (Lipinski definition) is 0. The van der Waals surface area contributed by atoms with Crippen LogP contribution in [0.1, 0.15) is 25.2 Å². The third-order valence-corrected chi connectivity index (χ3v) is 6.77. The summed E-state index contributed by atoms with van der Waals surface area (Å²) in [6.07, 6.45) is 4.59. The molecule has 1 amide bonds. The summed E-state index contributed by atoms with van der Waals surface area (Å²) in [4.78, 5) is 33.5. The molecule has 234 valence electrons. The third kappa shape index (κ3) is 6.30. The van der Waals surface area contributed by atoms with Crippen molar-refractivity contribution in [1.82, 2.24) is 5.01 Å². The molecule has 4 aromatic rings. The zero-order chi connectivity index (χ0) is 32.3. The number of amides is 1. The van der Waals surface area contributed by atoms with E-state index in [-0.39, 0.29) is 18.3 Å². The Balaban J connectivity index is 0.000000211. The molecular formula is C31H29N3O11. The van der Waals surface area contributed by atoms with E-state index in [1.165, 1.54) is 25.5 Å². The maximum absolute atomic E-state index is 12.9. The maximum Gasteiger partial charge on any atom is 0.433 e. The van der Waals surface area contributed by atoms with Gasteiger partial charge in [0.2, 0.25) is 0 Å². The predicted molar refractivity (Wildman–Crippen MR) is 162 cm³/mol. The van der Waals surface area contributed by atoms with Gasteiger partial charge in [-0.15, -0.1) is 0 Å². The maximum atomic E-state index is 12.9. The molecule has 0 radical (unpaired) electrons. The van der Waals surface area contributed by atoms with Crippen molar-refractivity contribution >= 4 is 35.2 Å². The number of hydrazone groups is 1. The zero-order valence-corrected chi connectivity index (χ0v) is 25.0. The van der Waals surface area contributed by atoms with Gasteiger partial charge in [-0.2, -0.15) is 10.1 Å². The molecule has 2 aromatic carbocycles. The number of ether oxygens (including phenoxy) is 5. The second-order valence-corrected chi connectivity index (χ2v) is 10.2. The van der Waals surface area contributed by atoms with Crippen molar-refractivity contribution in [3.05, 3.63) is 80.4 Å². The van der Waals surface area contributed by atoms with E-state index in [0.717, 1.165) is 10.6 Å². The van der Waals surface area contributed by atoms with Gasteiger partial charge in [0.25, 0.3) is 0 Å². The van der Waals surface area contributed by atoms with Crippen LogP contribution in [-0.2, 0) is 4.74 Å². The molecule has 1 fully saturated rings. The molecular weight excluding hydrogens is 590 g/mol. The molecule has 14 heteroatoms. The van der Waals surface area contributed by atoms with Crippen molar-refractivity contribution in [2.45, 2.75) is 19.4 Å². The number of furan rings is 1. The molecule has 0 bridgehead atoms. The Morgan fingerprint density at radius 2 is 1.73 bits per heavy atom. The summed E-state index contributed by atoms with van der Waals surface area (Å²) in [5.74, 6) is 2.02. The number of cyclic esters (lactones) is 1. The summed E-state index contributed by atoms with van der Waals surface area (Å²) < 4.78 is 37.8. The summed E-state index contributed by atoms with van der Waals surface area (Å²) in [6.45, 7) is 4.55. The number of nitro groups is 1. The van der Waals surface area contributed by atoms with Crippen LogP contribution in [0, 0.1) is 10.1 Å². The molecule has 0 saturated carbocycles. The van der Waals surface area contributed by atoms with Crippen LogP contribution in [0.25, 0.3) is 28.2 Å².